The number of hydrogen-bond acceptors (Lipinski definition) is 4. The zero-order valence-corrected chi connectivity index (χ0v) is 17.7. The number of rotatable bonds is 4. The molecular formula is C23H16ClN3O3S. The lowest BCUT2D eigenvalue weighted by atomic mass is 10.0. The molecule has 1 aliphatic rings. The van der Waals surface area contributed by atoms with Crippen LogP contribution in [-0.4, -0.2) is 19.3 Å². The summed E-state index contributed by atoms with van der Waals surface area (Å²) in [6.07, 6.45) is 1.85. The highest BCUT2D eigenvalue weighted by Gasteiger charge is 2.25. The van der Waals surface area contributed by atoms with Crippen LogP contribution in [0.2, 0.25) is 5.02 Å². The molecule has 0 saturated heterocycles. The van der Waals surface area contributed by atoms with Gasteiger partial charge < -0.3 is 5.32 Å². The fourth-order valence-electron chi connectivity index (χ4n) is 3.72. The van der Waals surface area contributed by atoms with E-state index in [4.69, 9.17) is 11.6 Å². The fourth-order valence-corrected chi connectivity index (χ4v) is 5.35. The molecule has 6 nitrogen and oxygen atoms in total. The number of amides is 1. The minimum absolute atomic E-state index is 0.0420. The number of fused-ring (bicyclic) bond motifs is 2. The molecule has 0 spiro atoms. The van der Waals surface area contributed by atoms with Crippen LogP contribution >= 0.6 is 11.6 Å². The van der Waals surface area contributed by atoms with Gasteiger partial charge >= 0.3 is 0 Å². The Morgan fingerprint density at radius 3 is 2.71 bits per heavy atom. The number of anilines is 2. The predicted octanol–water partition coefficient (Wildman–Crippen LogP) is 4.85. The van der Waals surface area contributed by atoms with Crippen molar-refractivity contribution in [2.75, 3.05) is 10.0 Å². The molecule has 0 radical (unpaired) electrons. The highest BCUT2D eigenvalue weighted by Crippen LogP contribution is 2.34. The summed E-state index contributed by atoms with van der Waals surface area (Å²) in [5.74, 6) is -0.191. The molecule has 0 unspecified atom stereocenters. The van der Waals surface area contributed by atoms with Crippen molar-refractivity contribution in [2.45, 2.75) is 11.3 Å². The number of nitrogens with one attached hydrogen (secondary N) is 2. The average Bonchev–Trinajstić information content (AvgIpc) is 3.11. The molecule has 2 N–H and O–H groups in total. The van der Waals surface area contributed by atoms with Gasteiger partial charge in [0.25, 0.3) is 10.0 Å². The minimum atomic E-state index is -3.97. The average molecular weight is 450 g/mol. The van der Waals surface area contributed by atoms with E-state index < -0.39 is 10.0 Å². The van der Waals surface area contributed by atoms with E-state index in [-0.39, 0.29) is 22.2 Å². The number of carbonyl (C=O) groups is 1. The van der Waals surface area contributed by atoms with E-state index in [2.05, 4.69) is 15.0 Å². The van der Waals surface area contributed by atoms with Gasteiger partial charge in [0.1, 0.15) is 4.90 Å². The molecule has 0 fully saturated rings. The van der Waals surface area contributed by atoms with Crippen LogP contribution in [-0.2, 0) is 21.2 Å². The molecular weight excluding hydrogens is 434 g/mol. The van der Waals surface area contributed by atoms with Crippen molar-refractivity contribution >= 4 is 49.7 Å². The second-order valence-electron chi connectivity index (χ2n) is 7.23. The molecule has 4 aromatic rings. The van der Waals surface area contributed by atoms with Crippen LogP contribution in [0.3, 0.4) is 0 Å². The lowest BCUT2D eigenvalue weighted by Gasteiger charge is -2.12. The Bertz CT molecular complexity index is 1460. The molecule has 0 bridgehead atoms. The van der Waals surface area contributed by atoms with Crippen molar-refractivity contribution in [3.05, 3.63) is 83.5 Å². The number of carbonyl (C=O) groups excluding carboxylic acids is 1. The van der Waals surface area contributed by atoms with Gasteiger partial charge in [-0.1, -0.05) is 48.0 Å². The van der Waals surface area contributed by atoms with Crippen LogP contribution in [0.5, 0.6) is 0 Å². The molecule has 1 aliphatic heterocycles. The van der Waals surface area contributed by atoms with Crippen molar-refractivity contribution in [3.8, 4) is 11.3 Å². The van der Waals surface area contributed by atoms with E-state index in [0.29, 0.717) is 16.9 Å². The molecule has 3 aromatic carbocycles. The molecule has 154 valence electrons. The van der Waals surface area contributed by atoms with Crippen molar-refractivity contribution in [3.63, 3.8) is 0 Å². The van der Waals surface area contributed by atoms with E-state index in [1.54, 1.807) is 24.4 Å². The van der Waals surface area contributed by atoms with Gasteiger partial charge in [-0.2, -0.15) is 0 Å². The Morgan fingerprint density at radius 2 is 1.84 bits per heavy atom. The molecule has 2 heterocycles. The van der Waals surface area contributed by atoms with Crippen LogP contribution < -0.4 is 10.0 Å². The number of benzene rings is 3. The molecule has 1 amide bonds. The quantitative estimate of drug-likeness (QED) is 0.466. The largest absolute Gasteiger partial charge is 0.325 e. The van der Waals surface area contributed by atoms with Crippen molar-refractivity contribution in [1.29, 1.82) is 0 Å². The monoisotopic (exact) mass is 449 g/mol. The molecule has 31 heavy (non-hydrogen) atoms. The topological polar surface area (TPSA) is 88.2 Å². The molecule has 0 atom stereocenters. The van der Waals surface area contributed by atoms with Crippen molar-refractivity contribution in [2.24, 2.45) is 0 Å². The molecule has 8 heteroatoms. The van der Waals surface area contributed by atoms with Gasteiger partial charge in [-0.3, -0.25) is 14.5 Å². The second kappa shape index (κ2) is 7.37. The Hall–Kier alpha value is -3.42. The predicted molar refractivity (Wildman–Crippen MR) is 122 cm³/mol. The standard InChI is InChI=1S/C23H16ClN3O3S/c24-19-13-20-16(12-22(28)26-20)11-21(19)31(29,30)27-17-6-3-5-15(10-17)23-18-7-2-1-4-14(18)8-9-25-23/h1-11,13,27H,12H2,(H,26,28). The van der Waals surface area contributed by atoms with Crippen LogP contribution in [0.15, 0.2) is 77.8 Å². The maximum absolute atomic E-state index is 13.0. The Labute approximate surface area is 183 Å². The van der Waals surface area contributed by atoms with Gasteiger partial charge in [-0.05, 0) is 41.3 Å². The first-order chi connectivity index (χ1) is 14.9. The van der Waals surface area contributed by atoms with Gasteiger partial charge in [-0.15, -0.1) is 0 Å². The first-order valence-corrected chi connectivity index (χ1v) is 11.4. The summed E-state index contributed by atoms with van der Waals surface area (Å²) in [7, 11) is -3.97. The van der Waals surface area contributed by atoms with E-state index in [1.807, 2.05) is 36.4 Å². The number of sulfonamides is 1. The molecule has 5 rings (SSSR count). The van der Waals surface area contributed by atoms with Crippen molar-refractivity contribution in [1.82, 2.24) is 4.98 Å². The number of aromatic nitrogens is 1. The third-order valence-electron chi connectivity index (χ3n) is 5.13. The first kappa shape index (κ1) is 19.5. The molecule has 0 aliphatic carbocycles. The SMILES string of the molecule is O=C1Cc2cc(S(=O)(=O)Nc3cccc(-c4nccc5ccccc45)c3)c(Cl)cc2N1. The second-order valence-corrected chi connectivity index (χ2v) is 9.29. The van der Waals surface area contributed by atoms with E-state index in [0.717, 1.165) is 22.0 Å². The molecule has 1 aromatic heterocycles. The Balaban J connectivity index is 1.52. The normalized spacial score (nSPS) is 13.1. The van der Waals surface area contributed by atoms with Gasteiger partial charge in [0.15, 0.2) is 0 Å². The highest BCUT2D eigenvalue weighted by molar-refractivity contribution is 7.92. The van der Waals surface area contributed by atoms with Gasteiger partial charge in [0.05, 0.1) is 17.1 Å². The third kappa shape index (κ3) is 3.62. The Morgan fingerprint density at radius 1 is 1.00 bits per heavy atom. The van der Waals surface area contributed by atoms with Crippen LogP contribution in [0, 0.1) is 0 Å². The third-order valence-corrected chi connectivity index (χ3v) is 6.98. The summed E-state index contributed by atoms with van der Waals surface area (Å²) in [6, 6.07) is 19.8. The number of hydrogen-bond donors (Lipinski definition) is 2. The van der Waals surface area contributed by atoms with Crippen molar-refractivity contribution < 1.29 is 13.2 Å². The summed E-state index contributed by atoms with van der Waals surface area (Å²) in [5, 5.41) is 4.73. The maximum Gasteiger partial charge on any atom is 0.263 e. The fraction of sp³-hybridized carbons (Fsp3) is 0.0435. The smallest absolute Gasteiger partial charge is 0.263 e. The summed E-state index contributed by atoms with van der Waals surface area (Å²) >= 11 is 6.22. The summed E-state index contributed by atoms with van der Waals surface area (Å²) in [6.45, 7) is 0. The zero-order valence-electron chi connectivity index (χ0n) is 16.1. The van der Waals surface area contributed by atoms with Crippen LogP contribution in [0.4, 0.5) is 11.4 Å². The van der Waals surface area contributed by atoms with E-state index >= 15 is 0 Å². The zero-order chi connectivity index (χ0) is 21.6. The Kier molecular flexibility index (Phi) is 4.64. The lowest BCUT2D eigenvalue weighted by Crippen LogP contribution is -2.14. The summed E-state index contributed by atoms with van der Waals surface area (Å²) in [4.78, 5) is 16.0. The lowest BCUT2D eigenvalue weighted by molar-refractivity contribution is -0.115. The number of pyridine rings is 1. The van der Waals surface area contributed by atoms with Crippen LogP contribution in [0.25, 0.3) is 22.0 Å². The van der Waals surface area contributed by atoms with Gasteiger partial charge in [-0.25, -0.2) is 8.42 Å². The van der Waals surface area contributed by atoms with Gasteiger partial charge in [0, 0.05) is 28.5 Å². The van der Waals surface area contributed by atoms with Gasteiger partial charge in [0.2, 0.25) is 5.91 Å². The van der Waals surface area contributed by atoms with E-state index in [1.165, 1.54) is 12.1 Å². The maximum atomic E-state index is 13.0. The first-order valence-electron chi connectivity index (χ1n) is 9.50. The highest BCUT2D eigenvalue weighted by atomic mass is 35.5. The molecule has 0 saturated carbocycles. The number of nitrogens with zero attached hydrogens (tertiary/aromatic N) is 1. The summed E-state index contributed by atoms with van der Waals surface area (Å²) in [5.41, 5.74) is 3.07. The van der Waals surface area contributed by atoms with E-state index in [9.17, 15) is 13.2 Å². The minimum Gasteiger partial charge on any atom is -0.325 e. The summed E-state index contributed by atoms with van der Waals surface area (Å²) < 4.78 is 28.7. The number of halogens is 1. The van der Waals surface area contributed by atoms with Crippen LogP contribution in [0.1, 0.15) is 5.56 Å².